The van der Waals surface area contributed by atoms with Crippen LogP contribution in [-0.2, 0) is 9.53 Å². The van der Waals surface area contributed by atoms with E-state index in [-0.39, 0.29) is 12.5 Å². The van der Waals surface area contributed by atoms with Crippen LogP contribution in [0.15, 0.2) is 18.2 Å². The largest absolute Gasteiger partial charge is 0.465 e. The van der Waals surface area contributed by atoms with Crippen molar-refractivity contribution in [2.24, 2.45) is 0 Å². The van der Waals surface area contributed by atoms with Crippen LogP contribution in [0.25, 0.3) is 0 Å². The normalized spacial score (nSPS) is 13.4. The first-order chi connectivity index (χ1) is 9.38. The van der Waals surface area contributed by atoms with Crippen LogP contribution in [0.1, 0.15) is 34.5 Å². The summed E-state index contributed by atoms with van der Waals surface area (Å²) < 4.78 is 4.65. The first-order valence-corrected chi connectivity index (χ1v) is 6.16. The van der Waals surface area contributed by atoms with Gasteiger partial charge in [-0.2, -0.15) is 0 Å². The number of ether oxygens (including phenoxy) is 1. The maximum atomic E-state index is 11.6. The number of esters is 1. The van der Waals surface area contributed by atoms with Crippen molar-refractivity contribution < 1.29 is 24.5 Å². The maximum absolute atomic E-state index is 11.6. The Bertz CT molecular complexity index is 500. The highest BCUT2D eigenvalue weighted by molar-refractivity contribution is 5.91. The standard InChI is InChI=1S/C14H19NO5/c1-8-10(5-4-6-11(8)14(19)20-3)13(18)12(17)7-15-9(2)16/h4-6,12-13,17-18H,7H2,1-3H3,(H,15,16). The van der Waals surface area contributed by atoms with Gasteiger partial charge in [0.25, 0.3) is 0 Å². The smallest absolute Gasteiger partial charge is 0.338 e. The van der Waals surface area contributed by atoms with E-state index in [9.17, 15) is 19.8 Å². The number of aliphatic hydroxyl groups is 2. The highest BCUT2D eigenvalue weighted by atomic mass is 16.5. The van der Waals surface area contributed by atoms with E-state index >= 15 is 0 Å². The van der Waals surface area contributed by atoms with Crippen LogP contribution in [0.5, 0.6) is 0 Å². The number of nitrogens with one attached hydrogen (secondary N) is 1. The first-order valence-electron chi connectivity index (χ1n) is 6.16. The molecule has 2 unspecified atom stereocenters. The summed E-state index contributed by atoms with van der Waals surface area (Å²) in [6.07, 6.45) is -2.36. The van der Waals surface area contributed by atoms with E-state index in [1.165, 1.54) is 14.0 Å². The van der Waals surface area contributed by atoms with Crippen molar-refractivity contribution in [2.45, 2.75) is 26.1 Å². The Morgan fingerprint density at radius 2 is 2.00 bits per heavy atom. The number of rotatable bonds is 5. The molecule has 0 aliphatic carbocycles. The third-order valence-corrected chi connectivity index (χ3v) is 3.02. The summed E-state index contributed by atoms with van der Waals surface area (Å²) in [5.74, 6) is -0.802. The van der Waals surface area contributed by atoms with Gasteiger partial charge in [-0.1, -0.05) is 12.1 Å². The molecule has 20 heavy (non-hydrogen) atoms. The predicted octanol–water partition coefficient (Wildman–Crippen LogP) is 0.312. The molecular formula is C14H19NO5. The van der Waals surface area contributed by atoms with Crippen molar-refractivity contribution >= 4 is 11.9 Å². The van der Waals surface area contributed by atoms with Gasteiger partial charge in [0.1, 0.15) is 12.2 Å². The van der Waals surface area contributed by atoms with Gasteiger partial charge in [0.2, 0.25) is 5.91 Å². The molecule has 0 aromatic heterocycles. The van der Waals surface area contributed by atoms with E-state index in [0.29, 0.717) is 16.7 Å². The lowest BCUT2D eigenvalue weighted by Gasteiger charge is -2.21. The average molecular weight is 281 g/mol. The van der Waals surface area contributed by atoms with E-state index in [1.54, 1.807) is 25.1 Å². The lowest BCUT2D eigenvalue weighted by atomic mass is 9.95. The average Bonchev–Trinajstić information content (AvgIpc) is 2.43. The van der Waals surface area contributed by atoms with E-state index in [2.05, 4.69) is 10.1 Å². The molecule has 0 aliphatic rings. The van der Waals surface area contributed by atoms with Gasteiger partial charge < -0.3 is 20.3 Å². The molecule has 6 nitrogen and oxygen atoms in total. The third-order valence-electron chi connectivity index (χ3n) is 3.02. The number of hydrogen-bond acceptors (Lipinski definition) is 5. The molecule has 0 aliphatic heterocycles. The van der Waals surface area contributed by atoms with Gasteiger partial charge in [0.05, 0.1) is 12.7 Å². The van der Waals surface area contributed by atoms with E-state index in [1.807, 2.05) is 0 Å². The van der Waals surface area contributed by atoms with Crippen molar-refractivity contribution in [3.8, 4) is 0 Å². The van der Waals surface area contributed by atoms with Crippen LogP contribution in [0.2, 0.25) is 0 Å². The zero-order chi connectivity index (χ0) is 15.3. The van der Waals surface area contributed by atoms with Crippen LogP contribution in [-0.4, -0.2) is 41.8 Å². The van der Waals surface area contributed by atoms with Gasteiger partial charge in [0.15, 0.2) is 0 Å². The van der Waals surface area contributed by atoms with Gasteiger partial charge in [0, 0.05) is 13.5 Å². The molecule has 0 saturated carbocycles. The minimum absolute atomic E-state index is 0.0710. The lowest BCUT2D eigenvalue weighted by Crippen LogP contribution is -2.34. The number of carbonyl (C=O) groups is 2. The second kappa shape index (κ2) is 7.02. The highest BCUT2D eigenvalue weighted by Gasteiger charge is 2.22. The number of amides is 1. The summed E-state index contributed by atoms with van der Waals surface area (Å²) in [5.41, 5.74) is 1.29. The molecule has 0 bridgehead atoms. The van der Waals surface area contributed by atoms with Crippen molar-refractivity contribution in [3.05, 3.63) is 34.9 Å². The summed E-state index contributed by atoms with van der Waals surface area (Å²) in [4.78, 5) is 22.4. The van der Waals surface area contributed by atoms with Crippen LogP contribution < -0.4 is 5.32 Å². The molecule has 1 aromatic rings. The summed E-state index contributed by atoms with van der Waals surface area (Å²) >= 11 is 0. The third kappa shape index (κ3) is 3.79. The summed E-state index contributed by atoms with van der Waals surface area (Å²) in [6.45, 7) is 2.91. The van der Waals surface area contributed by atoms with E-state index in [4.69, 9.17) is 0 Å². The van der Waals surface area contributed by atoms with Gasteiger partial charge in [-0.3, -0.25) is 4.79 Å². The second-order valence-corrected chi connectivity index (χ2v) is 4.46. The zero-order valence-corrected chi connectivity index (χ0v) is 11.7. The molecule has 0 heterocycles. The van der Waals surface area contributed by atoms with Crippen molar-refractivity contribution in [3.63, 3.8) is 0 Å². The van der Waals surface area contributed by atoms with E-state index < -0.39 is 18.2 Å². The molecule has 3 N–H and O–H groups in total. The second-order valence-electron chi connectivity index (χ2n) is 4.46. The van der Waals surface area contributed by atoms with E-state index in [0.717, 1.165) is 0 Å². The first kappa shape index (κ1) is 16.1. The SMILES string of the molecule is COC(=O)c1cccc(C(O)C(O)CNC(C)=O)c1C. The van der Waals surface area contributed by atoms with Crippen molar-refractivity contribution in [1.29, 1.82) is 0 Å². The number of carbonyl (C=O) groups excluding carboxylic acids is 2. The molecule has 1 amide bonds. The fraction of sp³-hybridized carbons (Fsp3) is 0.429. The van der Waals surface area contributed by atoms with Crippen molar-refractivity contribution in [2.75, 3.05) is 13.7 Å². The van der Waals surface area contributed by atoms with Crippen LogP contribution >= 0.6 is 0 Å². The molecule has 1 aromatic carbocycles. The Labute approximate surface area is 117 Å². The number of benzene rings is 1. The van der Waals surface area contributed by atoms with Gasteiger partial charge in [-0.25, -0.2) is 4.79 Å². The molecule has 0 radical (unpaired) electrons. The molecule has 0 saturated heterocycles. The monoisotopic (exact) mass is 281 g/mol. The highest BCUT2D eigenvalue weighted by Crippen LogP contribution is 2.23. The number of aliphatic hydroxyl groups excluding tert-OH is 2. The Morgan fingerprint density at radius 1 is 1.35 bits per heavy atom. The Balaban J connectivity index is 2.95. The maximum Gasteiger partial charge on any atom is 0.338 e. The van der Waals surface area contributed by atoms with Crippen LogP contribution in [0, 0.1) is 6.92 Å². The minimum Gasteiger partial charge on any atom is -0.465 e. The Kier molecular flexibility index (Phi) is 5.66. The topological polar surface area (TPSA) is 95.9 Å². The molecule has 110 valence electrons. The van der Waals surface area contributed by atoms with Gasteiger partial charge in [-0.05, 0) is 24.1 Å². The Hall–Kier alpha value is -1.92. The van der Waals surface area contributed by atoms with Gasteiger partial charge in [-0.15, -0.1) is 0 Å². The quantitative estimate of drug-likeness (QED) is 0.675. The minimum atomic E-state index is -1.20. The van der Waals surface area contributed by atoms with Crippen LogP contribution in [0.4, 0.5) is 0 Å². The predicted molar refractivity (Wildman–Crippen MR) is 72.2 cm³/mol. The fourth-order valence-corrected chi connectivity index (χ4v) is 1.87. The zero-order valence-electron chi connectivity index (χ0n) is 11.7. The number of hydrogen-bond donors (Lipinski definition) is 3. The van der Waals surface area contributed by atoms with Crippen molar-refractivity contribution in [1.82, 2.24) is 5.32 Å². The van der Waals surface area contributed by atoms with Gasteiger partial charge >= 0.3 is 5.97 Å². The molecule has 0 fully saturated rings. The lowest BCUT2D eigenvalue weighted by molar-refractivity contribution is -0.119. The molecule has 0 spiro atoms. The summed E-state index contributed by atoms with van der Waals surface area (Å²) in [5, 5.41) is 22.4. The molecular weight excluding hydrogens is 262 g/mol. The molecule has 6 heteroatoms. The Morgan fingerprint density at radius 3 is 2.55 bits per heavy atom. The summed E-state index contributed by atoms with van der Waals surface area (Å²) in [7, 11) is 1.27. The number of methoxy groups -OCH3 is 1. The molecule has 2 atom stereocenters. The fourth-order valence-electron chi connectivity index (χ4n) is 1.87. The molecule has 1 rings (SSSR count). The summed E-state index contributed by atoms with van der Waals surface area (Å²) in [6, 6.07) is 4.80. The van der Waals surface area contributed by atoms with Crippen LogP contribution in [0.3, 0.4) is 0 Å².